The molecule has 0 aliphatic carbocycles. The van der Waals surface area contributed by atoms with Crippen molar-refractivity contribution >= 4 is 32.6 Å². The molecule has 6 rings (SSSR count). The Hall–Kier alpha value is -3.30. The van der Waals surface area contributed by atoms with E-state index in [2.05, 4.69) is 21.2 Å². The van der Waals surface area contributed by atoms with Crippen LogP contribution in [-0.4, -0.2) is 69.2 Å². The summed E-state index contributed by atoms with van der Waals surface area (Å²) in [6.07, 6.45) is 3.14. The van der Waals surface area contributed by atoms with Gasteiger partial charge < -0.3 is 14.5 Å². The van der Waals surface area contributed by atoms with Crippen LogP contribution in [0, 0.1) is 6.92 Å². The Labute approximate surface area is 189 Å². The van der Waals surface area contributed by atoms with Crippen LogP contribution in [0.1, 0.15) is 15.9 Å². The SMILES string of the molecule is Cc1ccc(-n2nccn2)c(C(=O)N2CC3CN(c4nc5ccccc5s4)CC(C2)O3)c1. The van der Waals surface area contributed by atoms with Gasteiger partial charge in [0.05, 0.1) is 46.1 Å². The number of para-hydroxylation sites is 1. The highest BCUT2D eigenvalue weighted by molar-refractivity contribution is 7.22. The van der Waals surface area contributed by atoms with Crippen LogP contribution in [0.5, 0.6) is 0 Å². The molecule has 1 amide bonds. The molecule has 8 nitrogen and oxygen atoms in total. The first-order valence-corrected chi connectivity index (χ1v) is 11.5. The standard InChI is InChI=1S/C23H22N6O2S/c1-15-6-7-20(29-24-8-9-25-29)18(10-15)22(30)27-11-16-13-28(14-17(12-27)31-16)23-26-19-4-2-3-5-21(19)32-23/h2-10,16-17H,11-14H2,1H3. The van der Waals surface area contributed by atoms with E-state index < -0.39 is 0 Å². The van der Waals surface area contributed by atoms with E-state index in [0.29, 0.717) is 24.3 Å². The van der Waals surface area contributed by atoms with Crippen LogP contribution in [0.4, 0.5) is 5.13 Å². The molecular formula is C23H22N6O2S. The molecule has 4 aromatic rings. The molecule has 2 bridgehead atoms. The van der Waals surface area contributed by atoms with Gasteiger partial charge in [-0.2, -0.15) is 15.0 Å². The number of rotatable bonds is 3. The Bertz CT molecular complexity index is 1240. The molecule has 2 aliphatic heterocycles. The van der Waals surface area contributed by atoms with Crippen molar-refractivity contribution in [3.05, 3.63) is 66.0 Å². The maximum absolute atomic E-state index is 13.5. The number of aromatic nitrogens is 4. The number of amides is 1. The van der Waals surface area contributed by atoms with E-state index in [4.69, 9.17) is 9.72 Å². The Morgan fingerprint density at radius 3 is 2.53 bits per heavy atom. The van der Waals surface area contributed by atoms with Gasteiger partial charge in [-0.1, -0.05) is 35.1 Å². The molecular weight excluding hydrogens is 424 g/mol. The lowest BCUT2D eigenvalue weighted by Crippen LogP contribution is -2.60. The molecule has 2 unspecified atom stereocenters. The van der Waals surface area contributed by atoms with Crippen molar-refractivity contribution in [1.29, 1.82) is 0 Å². The molecule has 2 atom stereocenters. The van der Waals surface area contributed by atoms with Gasteiger partial charge in [-0.15, -0.1) is 0 Å². The summed E-state index contributed by atoms with van der Waals surface area (Å²) in [5.41, 5.74) is 3.36. The average molecular weight is 447 g/mol. The van der Waals surface area contributed by atoms with Gasteiger partial charge >= 0.3 is 0 Å². The van der Waals surface area contributed by atoms with E-state index in [1.54, 1.807) is 23.7 Å². The Kier molecular flexibility index (Phi) is 4.65. The average Bonchev–Trinajstić information content (AvgIpc) is 3.48. The Balaban J connectivity index is 1.23. The lowest BCUT2D eigenvalue weighted by atomic mass is 10.1. The Morgan fingerprint density at radius 1 is 1.03 bits per heavy atom. The number of thiazole rings is 1. The number of fused-ring (bicyclic) bond motifs is 3. The number of morpholine rings is 2. The van der Waals surface area contributed by atoms with Gasteiger partial charge in [-0.25, -0.2) is 4.98 Å². The molecule has 0 saturated carbocycles. The van der Waals surface area contributed by atoms with Gasteiger partial charge in [-0.05, 0) is 31.2 Å². The van der Waals surface area contributed by atoms with Crippen LogP contribution in [0.2, 0.25) is 0 Å². The quantitative estimate of drug-likeness (QED) is 0.482. The molecule has 2 saturated heterocycles. The Morgan fingerprint density at radius 2 is 1.78 bits per heavy atom. The van der Waals surface area contributed by atoms with E-state index in [9.17, 15) is 4.79 Å². The fourth-order valence-electron chi connectivity index (χ4n) is 4.52. The maximum atomic E-state index is 13.5. The van der Waals surface area contributed by atoms with Crippen LogP contribution < -0.4 is 4.90 Å². The molecule has 0 spiro atoms. The van der Waals surface area contributed by atoms with Gasteiger partial charge in [-0.3, -0.25) is 4.79 Å². The van der Waals surface area contributed by atoms with E-state index in [0.717, 1.165) is 29.3 Å². The number of nitrogens with zero attached hydrogens (tertiary/aromatic N) is 6. The number of anilines is 1. The first kappa shape index (κ1) is 19.4. The van der Waals surface area contributed by atoms with Crippen molar-refractivity contribution in [3.8, 4) is 5.69 Å². The summed E-state index contributed by atoms with van der Waals surface area (Å²) in [5.74, 6) is -0.00672. The topological polar surface area (TPSA) is 76.4 Å². The predicted molar refractivity (Wildman–Crippen MR) is 122 cm³/mol. The molecule has 0 radical (unpaired) electrons. The molecule has 32 heavy (non-hydrogen) atoms. The second kappa shape index (κ2) is 7.68. The first-order chi connectivity index (χ1) is 15.6. The first-order valence-electron chi connectivity index (χ1n) is 10.7. The molecule has 4 heterocycles. The van der Waals surface area contributed by atoms with E-state index >= 15 is 0 Å². The highest BCUT2D eigenvalue weighted by Gasteiger charge is 2.38. The minimum Gasteiger partial charge on any atom is -0.368 e. The third-order valence-corrected chi connectivity index (χ3v) is 7.04. The minimum absolute atomic E-state index is 0.00672. The van der Waals surface area contributed by atoms with Crippen LogP contribution in [0.25, 0.3) is 15.9 Å². The highest BCUT2D eigenvalue weighted by Crippen LogP contribution is 2.32. The van der Waals surface area contributed by atoms with Gasteiger partial charge in [0.2, 0.25) is 0 Å². The molecule has 2 aliphatic rings. The van der Waals surface area contributed by atoms with Crippen molar-refractivity contribution in [2.45, 2.75) is 19.1 Å². The summed E-state index contributed by atoms with van der Waals surface area (Å²) in [6.45, 7) is 4.54. The molecule has 9 heteroatoms. The number of benzene rings is 2. The van der Waals surface area contributed by atoms with Gasteiger partial charge in [0.1, 0.15) is 0 Å². The van der Waals surface area contributed by atoms with Gasteiger partial charge in [0.25, 0.3) is 5.91 Å². The van der Waals surface area contributed by atoms with E-state index in [-0.39, 0.29) is 18.1 Å². The lowest BCUT2D eigenvalue weighted by Gasteiger charge is -2.45. The number of hydrogen-bond acceptors (Lipinski definition) is 7. The van der Waals surface area contributed by atoms with Crippen LogP contribution >= 0.6 is 11.3 Å². The predicted octanol–water partition coefficient (Wildman–Crippen LogP) is 2.92. The number of hydrogen-bond donors (Lipinski definition) is 0. The molecule has 0 N–H and O–H groups in total. The van der Waals surface area contributed by atoms with Crippen molar-refractivity contribution in [3.63, 3.8) is 0 Å². The van der Waals surface area contributed by atoms with Crippen LogP contribution in [0.3, 0.4) is 0 Å². The largest absolute Gasteiger partial charge is 0.368 e. The van der Waals surface area contributed by atoms with Crippen molar-refractivity contribution in [2.24, 2.45) is 0 Å². The highest BCUT2D eigenvalue weighted by atomic mass is 32.1. The maximum Gasteiger partial charge on any atom is 0.256 e. The van der Waals surface area contributed by atoms with Crippen molar-refractivity contribution < 1.29 is 9.53 Å². The smallest absolute Gasteiger partial charge is 0.256 e. The number of carbonyl (C=O) groups is 1. The summed E-state index contributed by atoms with van der Waals surface area (Å²) >= 11 is 1.71. The van der Waals surface area contributed by atoms with Crippen LogP contribution in [-0.2, 0) is 4.74 Å². The fraction of sp³-hybridized carbons (Fsp3) is 0.304. The number of ether oxygens (including phenoxy) is 1. The summed E-state index contributed by atoms with van der Waals surface area (Å²) in [7, 11) is 0. The molecule has 2 aromatic heterocycles. The summed E-state index contributed by atoms with van der Waals surface area (Å²) < 4.78 is 7.39. The zero-order valence-electron chi connectivity index (χ0n) is 17.6. The van der Waals surface area contributed by atoms with Gasteiger partial charge in [0.15, 0.2) is 5.13 Å². The molecule has 162 valence electrons. The minimum atomic E-state index is -0.0467. The zero-order valence-corrected chi connectivity index (χ0v) is 18.4. The van der Waals surface area contributed by atoms with Crippen molar-refractivity contribution in [2.75, 3.05) is 31.1 Å². The number of aryl methyl sites for hydroxylation is 1. The third kappa shape index (κ3) is 3.43. The summed E-state index contributed by atoms with van der Waals surface area (Å²) in [4.78, 5) is 24.1. The molecule has 2 aromatic carbocycles. The summed E-state index contributed by atoms with van der Waals surface area (Å²) in [6, 6.07) is 14.0. The molecule has 2 fully saturated rings. The zero-order chi connectivity index (χ0) is 21.7. The second-order valence-electron chi connectivity index (χ2n) is 8.30. The summed E-state index contributed by atoms with van der Waals surface area (Å²) in [5, 5.41) is 9.46. The van der Waals surface area contributed by atoms with E-state index in [1.807, 2.05) is 48.2 Å². The normalized spacial score (nSPS) is 20.7. The second-order valence-corrected chi connectivity index (χ2v) is 9.31. The van der Waals surface area contributed by atoms with Crippen molar-refractivity contribution in [1.82, 2.24) is 24.9 Å². The lowest BCUT2D eigenvalue weighted by molar-refractivity contribution is -0.0845. The third-order valence-electron chi connectivity index (χ3n) is 5.94. The number of carbonyl (C=O) groups excluding carboxylic acids is 1. The van der Waals surface area contributed by atoms with Crippen LogP contribution in [0.15, 0.2) is 54.9 Å². The fourth-order valence-corrected chi connectivity index (χ4v) is 5.50. The monoisotopic (exact) mass is 446 g/mol. The van der Waals surface area contributed by atoms with E-state index in [1.165, 1.54) is 9.50 Å². The van der Waals surface area contributed by atoms with Gasteiger partial charge in [0, 0.05) is 26.2 Å².